The van der Waals surface area contributed by atoms with Gasteiger partial charge in [-0.05, 0) is 37.1 Å². The number of carbonyl (C=O) groups excluding carboxylic acids is 1. The summed E-state index contributed by atoms with van der Waals surface area (Å²) in [6.45, 7) is 3.83. The topological polar surface area (TPSA) is 44.4 Å². The first-order chi connectivity index (χ1) is 11.4. The van der Waals surface area contributed by atoms with E-state index in [1.54, 1.807) is 0 Å². The van der Waals surface area contributed by atoms with Crippen LogP contribution in [0.5, 0.6) is 0 Å². The van der Waals surface area contributed by atoms with Crippen molar-refractivity contribution >= 4 is 30.7 Å². The maximum absolute atomic E-state index is 12.6. The van der Waals surface area contributed by atoms with Crippen molar-refractivity contribution in [3.63, 3.8) is 0 Å². The number of hydrogen-bond acceptors (Lipinski definition) is 3. The van der Waals surface area contributed by atoms with Crippen molar-refractivity contribution in [2.75, 3.05) is 26.2 Å². The van der Waals surface area contributed by atoms with Gasteiger partial charge < -0.3 is 10.6 Å². The molecule has 0 aromatic heterocycles. The van der Waals surface area contributed by atoms with Gasteiger partial charge in [-0.1, -0.05) is 12.1 Å². The molecule has 2 atom stereocenters. The van der Waals surface area contributed by atoms with Crippen molar-refractivity contribution in [2.45, 2.75) is 31.6 Å². The van der Waals surface area contributed by atoms with Crippen molar-refractivity contribution in [3.8, 4) is 0 Å². The van der Waals surface area contributed by atoms with Crippen molar-refractivity contribution in [2.24, 2.45) is 5.92 Å². The van der Waals surface area contributed by atoms with Crippen molar-refractivity contribution in [1.82, 2.24) is 15.5 Å². The highest BCUT2D eigenvalue weighted by molar-refractivity contribution is 5.85. The molecule has 148 valence electrons. The second kappa shape index (κ2) is 9.78. The number of benzene rings is 1. The largest absolute Gasteiger partial charge is 0.416 e. The summed E-state index contributed by atoms with van der Waals surface area (Å²) in [5.41, 5.74) is 0.234. The molecule has 0 saturated carbocycles. The minimum atomic E-state index is -4.29. The Bertz CT molecular complexity index is 578. The number of nitrogens with one attached hydrogen (secondary N) is 2. The first kappa shape index (κ1) is 23.0. The van der Waals surface area contributed by atoms with E-state index >= 15 is 0 Å². The minimum absolute atomic E-state index is 0. The molecule has 4 nitrogen and oxygen atoms in total. The third kappa shape index (κ3) is 6.01. The Morgan fingerprint density at radius 3 is 2.46 bits per heavy atom. The molecule has 2 heterocycles. The Morgan fingerprint density at radius 1 is 1.19 bits per heavy atom. The predicted molar refractivity (Wildman–Crippen MR) is 98.7 cm³/mol. The zero-order valence-corrected chi connectivity index (χ0v) is 15.9. The number of rotatable bonds is 4. The van der Waals surface area contributed by atoms with Crippen LogP contribution in [0.4, 0.5) is 13.2 Å². The van der Waals surface area contributed by atoms with Crippen LogP contribution in [0.3, 0.4) is 0 Å². The van der Waals surface area contributed by atoms with Crippen molar-refractivity contribution in [3.05, 3.63) is 35.4 Å². The summed E-state index contributed by atoms with van der Waals surface area (Å²) >= 11 is 0. The lowest BCUT2D eigenvalue weighted by Gasteiger charge is -2.18. The van der Waals surface area contributed by atoms with E-state index in [0.29, 0.717) is 6.54 Å². The smallest absolute Gasteiger partial charge is 0.352 e. The van der Waals surface area contributed by atoms with Crippen LogP contribution in [0.1, 0.15) is 24.0 Å². The fourth-order valence-electron chi connectivity index (χ4n) is 3.35. The highest BCUT2D eigenvalue weighted by atomic mass is 35.5. The molecule has 1 aromatic carbocycles. The van der Waals surface area contributed by atoms with Crippen molar-refractivity contribution < 1.29 is 18.0 Å². The standard InChI is InChI=1S/C17H22F3N3O.2ClH/c18-17(19,20)14-3-1-12(2-4-14)10-23-8-6-15(11-23)22-16(24)13-5-7-21-9-13;;/h1-4,13,15,21H,5-11H2,(H,22,24);2*1H. The summed E-state index contributed by atoms with van der Waals surface area (Å²) in [4.78, 5) is 14.3. The Morgan fingerprint density at radius 2 is 1.88 bits per heavy atom. The average Bonchev–Trinajstić information content (AvgIpc) is 3.19. The molecule has 0 spiro atoms. The summed E-state index contributed by atoms with van der Waals surface area (Å²) in [6, 6.07) is 5.43. The van der Waals surface area contributed by atoms with Gasteiger partial charge in [0.05, 0.1) is 11.5 Å². The molecule has 0 aliphatic carbocycles. The van der Waals surface area contributed by atoms with Crippen LogP contribution in [-0.2, 0) is 17.5 Å². The summed E-state index contributed by atoms with van der Waals surface area (Å²) in [5.74, 6) is 0.176. The second-order valence-corrected chi connectivity index (χ2v) is 6.61. The summed E-state index contributed by atoms with van der Waals surface area (Å²) in [7, 11) is 0. The van der Waals surface area contributed by atoms with Gasteiger partial charge in [-0.2, -0.15) is 13.2 Å². The monoisotopic (exact) mass is 413 g/mol. The van der Waals surface area contributed by atoms with Crippen LogP contribution >= 0.6 is 24.8 Å². The van der Waals surface area contributed by atoms with Crippen LogP contribution in [0.2, 0.25) is 0 Å². The van der Waals surface area contributed by atoms with Gasteiger partial charge in [0, 0.05) is 32.2 Å². The minimum Gasteiger partial charge on any atom is -0.352 e. The third-order valence-electron chi connectivity index (χ3n) is 4.74. The molecular formula is C17H24Cl2F3N3O. The first-order valence-electron chi connectivity index (χ1n) is 8.31. The number of amides is 1. The average molecular weight is 414 g/mol. The molecule has 1 aromatic rings. The van der Waals surface area contributed by atoms with Crippen LogP contribution < -0.4 is 10.6 Å². The van der Waals surface area contributed by atoms with Crippen LogP contribution in [-0.4, -0.2) is 43.0 Å². The molecule has 0 radical (unpaired) electrons. The normalized spacial score (nSPS) is 23.2. The maximum atomic E-state index is 12.6. The van der Waals surface area contributed by atoms with E-state index in [2.05, 4.69) is 15.5 Å². The molecule has 2 aliphatic rings. The van der Waals surface area contributed by atoms with Gasteiger partial charge in [0.1, 0.15) is 0 Å². The molecule has 1 amide bonds. The first-order valence-corrected chi connectivity index (χ1v) is 8.31. The predicted octanol–water partition coefficient (Wildman–Crippen LogP) is 2.85. The Labute approximate surface area is 163 Å². The van der Waals surface area contributed by atoms with Gasteiger partial charge in [0.15, 0.2) is 0 Å². The van der Waals surface area contributed by atoms with Crippen LogP contribution in [0.25, 0.3) is 0 Å². The molecule has 2 N–H and O–H groups in total. The Balaban J connectivity index is 0.00000169. The van der Waals surface area contributed by atoms with E-state index in [-0.39, 0.29) is 42.7 Å². The van der Waals surface area contributed by atoms with E-state index in [0.717, 1.165) is 56.7 Å². The summed E-state index contributed by atoms with van der Waals surface area (Å²) in [6.07, 6.45) is -2.53. The molecule has 3 rings (SSSR count). The highest BCUT2D eigenvalue weighted by Crippen LogP contribution is 2.29. The summed E-state index contributed by atoms with van der Waals surface area (Å²) in [5, 5.41) is 6.28. The van der Waals surface area contributed by atoms with Gasteiger partial charge in [-0.15, -0.1) is 24.8 Å². The highest BCUT2D eigenvalue weighted by Gasteiger charge is 2.31. The van der Waals surface area contributed by atoms with Crippen molar-refractivity contribution in [1.29, 1.82) is 0 Å². The molecular weight excluding hydrogens is 390 g/mol. The lowest BCUT2D eigenvalue weighted by atomic mass is 10.1. The molecule has 2 fully saturated rings. The number of likely N-dealkylation sites (tertiary alicyclic amines) is 1. The van der Waals surface area contributed by atoms with Crippen LogP contribution in [0.15, 0.2) is 24.3 Å². The quantitative estimate of drug-likeness (QED) is 0.797. The fourth-order valence-corrected chi connectivity index (χ4v) is 3.35. The lowest BCUT2D eigenvalue weighted by Crippen LogP contribution is -2.41. The number of halogens is 5. The van der Waals surface area contributed by atoms with E-state index in [1.807, 2.05) is 0 Å². The Kier molecular flexibility index (Phi) is 8.66. The van der Waals surface area contributed by atoms with E-state index in [1.165, 1.54) is 12.1 Å². The number of nitrogens with zero attached hydrogens (tertiary/aromatic N) is 1. The van der Waals surface area contributed by atoms with Gasteiger partial charge in [-0.25, -0.2) is 0 Å². The van der Waals surface area contributed by atoms with Crippen LogP contribution in [0, 0.1) is 5.92 Å². The molecule has 2 unspecified atom stereocenters. The third-order valence-corrected chi connectivity index (χ3v) is 4.74. The van der Waals surface area contributed by atoms with Gasteiger partial charge in [0.25, 0.3) is 0 Å². The second-order valence-electron chi connectivity index (χ2n) is 6.61. The zero-order valence-electron chi connectivity index (χ0n) is 14.2. The van der Waals surface area contributed by atoms with E-state index in [9.17, 15) is 18.0 Å². The molecule has 2 saturated heterocycles. The molecule has 0 bridgehead atoms. The van der Waals surface area contributed by atoms with Gasteiger partial charge in [0.2, 0.25) is 5.91 Å². The maximum Gasteiger partial charge on any atom is 0.416 e. The van der Waals surface area contributed by atoms with E-state index in [4.69, 9.17) is 0 Å². The number of hydrogen-bond donors (Lipinski definition) is 2. The molecule has 2 aliphatic heterocycles. The lowest BCUT2D eigenvalue weighted by molar-refractivity contribution is -0.137. The van der Waals surface area contributed by atoms with Gasteiger partial charge >= 0.3 is 6.18 Å². The fraction of sp³-hybridized carbons (Fsp3) is 0.588. The zero-order chi connectivity index (χ0) is 17.2. The number of alkyl halides is 3. The molecule has 9 heteroatoms. The Hall–Kier alpha value is -1.02. The number of carbonyl (C=O) groups is 1. The van der Waals surface area contributed by atoms with E-state index < -0.39 is 11.7 Å². The molecule has 26 heavy (non-hydrogen) atoms. The summed E-state index contributed by atoms with van der Waals surface area (Å²) < 4.78 is 37.7. The van der Waals surface area contributed by atoms with Gasteiger partial charge in [-0.3, -0.25) is 9.69 Å². The SMILES string of the molecule is Cl.Cl.O=C(NC1CCN(Cc2ccc(C(F)(F)F)cc2)C1)C1CCNC1.